The molecule has 1 aromatic carbocycles. The first-order valence-corrected chi connectivity index (χ1v) is 9.93. The molecule has 0 unspecified atom stereocenters. The van der Waals surface area contributed by atoms with Crippen molar-refractivity contribution in [3.05, 3.63) is 99.1 Å². The van der Waals surface area contributed by atoms with Gasteiger partial charge in [-0.15, -0.1) is 0 Å². The zero-order chi connectivity index (χ0) is 21.8. The maximum absolute atomic E-state index is 13.2. The smallest absolute Gasteiger partial charge is 0.325 e. The van der Waals surface area contributed by atoms with Gasteiger partial charge in [-0.1, -0.05) is 25.1 Å². The summed E-state index contributed by atoms with van der Waals surface area (Å²) in [6.45, 7) is 1.83. The van der Waals surface area contributed by atoms with Crippen LogP contribution in [-0.2, 0) is 24.3 Å². The topological polar surface area (TPSA) is 98.9 Å². The van der Waals surface area contributed by atoms with Gasteiger partial charge < -0.3 is 5.32 Å². The molecule has 0 saturated heterocycles. The highest BCUT2D eigenvalue weighted by Gasteiger charge is 2.16. The number of carbonyl (C=O) groups excluding carboxylic acids is 1. The van der Waals surface area contributed by atoms with Crippen LogP contribution in [0, 0.1) is 0 Å². The minimum Gasteiger partial charge on any atom is -0.325 e. The molecule has 156 valence electrons. The maximum Gasteiger partial charge on any atom is 0.332 e. The van der Waals surface area contributed by atoms with E-state index in [2.05, 4.69) is 15.3 Å². The summed E-state index contributed by atoms with van der Waals surface area (Å²) < 4.78 is 2.36. The zero-order valence-electron chi connectivity index (χ0n) is 17.0. The fraction of sp³-hybridized carbons (Fsp3) is 0.174. The summed E-state index contributed by atoms with van der Waals surface area (Å²) in [6.07, 6.45) is 5.54. The molecule has 0 atom stereocenters. The summed E-state index contributed by atoms with van der Waals surface area (Å²) in [5.74, 6) is -0.368. The molecule has 3 aromatic heterocycles. The quantitative estimate of drug-likeness (QED) is 0.521. The Morgan fingerprint density at radius 1 is 1.00 bits per heavy atom. The third-order valence-corrected chi connectivity index (χ3v) is 4.97. The van der Waals surface area contributed by atoms with Crippen molar-refractivity contribution in [3.63, 3.8) is 0 Å². The molecule has 1 amide bonds. The van der Waals surface area contributed by atoms with E-state index in [-0.39, 0.29) is 24.5 Å². The van der Waals surface area contributed by atoms with Gasteiger partial charge in [0, 0.05) is 24.3 Å². The molecule has 0 radical (unpaired) electrons. The second kappa shape index (κ2) is 8.74. The van der Waals surface area contributed by atoms with Crippen LogP contribution in [0.15, 0.2) is 76.7 Å². The lowest BCUT2D eigenvalue weighted by Gasteiger charge is -2.14. The van der Waals surface area contributed by atoms with Gasteiger partial charge in [0.25, 0.3) is 5.56 Å². The molecule has 0 aliphatic carbocycles. The van der Waals surface area contributed by atoms with Crippen LogP contribution in [0.4, 0.5) is 5.69 Å². The molecular formula is C23H21N5O3. The van der Waals surface area contributed by atoms with Crippen molar-refractivity contribution in [1.82, 2.24) is 19.1 Å². The van der Waals surface area contributed by atoms with Crippen LogP contribution in [0.1, 0.15) is 18.1 Å². The van der Waals surface area contributed by atoms with E-state index in [1.54, 1.807) is 42.7 Å². The molecule has 8 heteroatoms. The summed E-state index contributed by atoms with van der Waals surface area (Å²) in [7, 11) is 0. The van der Waals surface area contributed by atoms with Crippen molar-refractivity contribution in [1.29, 1.82) is 0 Å². The lowest BCUT2D eigenvalue weighted by atomic mass is 10.1. The van der Waals surface area contributed by atoms with Gasteiger partial charge in [-0.3, -0.25) is 23.7 Å². The molecule has 0 spiro atoms. The number of aromatic nitrogens is 4. The van der Waals surface area contributed by atoms with Crippen LogP contribution in [-0.4, -0.2) is 25.0 Å². The molecule has 31 heavy (non-hydrogen) atoms. The fourth-order valence-corrected chi connectivity index (χ4v) is 3.42. The predicted molar refractivity (Wildman–Crippen MR) is 118 cm³/mol. The summed E-state index contributed by atoms with van der Waals surface area (Å²) in [5.41, 5.74) is 1.82. The molecule has 0 aliphatic rings. The van der Waals surface area contributed by atoms with Crippen molar-refractivity contribution < 1.29 is 4.79 Å². The first-order chi connectivity index (χ1) is 15.1. The number of fused-ring (bicyclic) bond motifs is 1. The van der Waals surface area contributed by atoms with Gasteiger partial charge in [0.1, 0.15) is 6.54 Å². The van der Waals surface area contributed by atoms with E-state index in [0.717, 1.165) is 16.6 Å². The Balaban J connectivity index is 1.73. The number of nitrogens with zero attached hydrogens (tertiary/aromatic N) is 4. The number of nitrogens with one attached hydrogen (secondary N) is 1. The van der Waals surface area contributed by atoms with Crippen LogP contribution in [0.25, 0.3) is 11.0 Å². The molecule has 0 fully saturated rings. The van der Waals surface area contributed by atoms with Crippen LogP contribution in [0.3, 0.4) is 0 Å². The summed E-state index contributed by atoms with van der Waals surface area (Å²) in [4.78, 5) is 47.0. The van der Waals surface area contributed by atoms with Gasteiger partial charge in [0.2, 0.25) is 5.91 Å². The Kier molecular flexibility index (Phi) is 5.70. The standard InChI is InChI=1S/C23H21N5O3/c1-2-16-6-3-8-18(12-16)26-20(29)15-27-19-9-5-11-25-21(19)22(30)28(23(27)31)14-17-7-4-10-24-13-17/h3-13H,2,14-15H2,1H3,(H,26,29). The van der Waals surface area contributed by atoms with Crippen LogP contribution < -0.4 is 16.6 Å². The normalized spacial score (nSPS) is 10.9. The predicted octanol–water partition coefficient (Wildman–Crippen LogP) is 2.20. The minimum atomic E-state index is -0.577. The zero-order valence-corrected chi connectivity index (χ0v) is 17.0. The van der Waals surface area contributed by atoms with E-state index in [9.17, 15) is 14.4 Å². The van der Waals surface area contributed by atoms with Crippen LogP contribution in [0.2, 0.25) is 0 Å². The van der Waals surface area contributed by atoms with Crippen molar-refractivity contribution in [2.24, 2.45) is 0 Å². The Morgan fingerprint density at radius 2 is 1.81 bits per heavy atom. The molecule has 0 saturated carbocycles. The molecule has 4 aromatic rings. The summed E-state index contributed by atoms with van der Waals surface area (Å²) >= 11 is 0. The van der Waals surface area contributed by atoms with Crippen molar-refractivity contribution in [3.8, 4) is 0 Å². The van der Waals surface area contributed by atoms with Gasteiger partial charge in [-0.2, -0.15) is 0 Å². The summed E-state index contributed by atoms with van der Waals surface area (Å²) in [6, 6.07) is 14.3. The van der Waals surface area contributed by atoms with Gasteiger partial charge in [-0.25, -0.2) is 9.78 Å². The molecule has 4 rings (SSSR count). The molecule has 1 N–H and O–H groups in total. The van der Waals surface area contributed by atoms with E-state index >= 15 is 0 Å². The molecular weight excluding hydrogens is 394 g/mol. The van der Waals surface area contributed by atoms with Gasteiger partial charge in [0.15, 0.2) is 5.52 Å². The highest BCUT2D eigenvalue weighted by atomic mass is 16.2. The first kappa shape index (κ1) is 20.2. The average molecular weight is 415 g/mol. The van der Waals surface area contributed by atoms with E-state index < -0.39 is 11.2 Å². The maximum atomic E-state index is 13.2. The van der Waals surface area contributed by atoms with Crippen LogP contribution >= 0.6 is 0 Å². The number of anilines is 1. The molecule has 0 bridgehead atoms. The van der Waals surface area contributed by atoms with Crippen LogP contribution in [0.5, 0.6) is 0 Å². The summed E-state index contributed by atoms with van der Waals surface area (Å²) in [5, 5.41) is 2.82. The van der Waals surface area contributed by atoms with E-state index in [1.165, 1.54) is 10.8 Å². The number of aryl methyl sites for hydroxylation is 1. The largest absolute Gasteiger partial charge is 0.332 e. The van der Waals surface area contributed by atoms with E-state index in [0.29, 0.717) is 16.8 Å². The highest BCUT2D eigenvalue weighted by Crippen LogP contribution is 2.12. The number of hydrogen-bond donors (Lipinski definition) is 1. The van der Waals surface area contributed by atoms with Gasteiger partial charge >= 0.3 is 5.69 Å². The minimum absolute atomic E-state index is 0.0399. The highest BCUT2D eigenvalue weighted by molar-refractivity contribution is 5.91. The second-order valence-electron chi connectivity index (χ2n) is 7.09. The number of rotatable bonds is 6. The Morgan fingerprint density at radius 3 is 2.58 bits per heavy atom. The molecule has 0 aliphatic heterocycles. The Bertz CT molecular complexity index is 1360. The van der Waals surface area contributed by atoms with Crippen molar-refractivity contribution in [2.45, 2.75) is 26.4 Å². The third-order valence-electron chi connectivity index (χ3n) is 4.97. The van der Waals surface area contributed by atoms with Crippen molar-refractivity contribution in [2.75, 3.05) is 5.32 Å². The fourth-order valence-electron chi connectivity index (χ4n) is 3.42. The lowest BCUT2D eigenvalue weighted by Crippen LogP contribution is -2.42. The monoisotopic (exact) mass is 415 g/mol. The van der Waals surface area contributed by atoms with Crippen molar-refractivity contribution >= 4 is 22.6 Å². The van der Waals surface area contributed by atoms with Gasteiger partial charge in [0.05, 0.1) is 12.1 Å². The third kappa shape index (κ3) is 4.28. The number of hydrogen-bond acceptors (Lipinski definition) is 5. The van der Waals surface area contributed by atoms with E-state index in [4.69, 9.17) is 0 Å². The number of amides is 1. The number of benzene rings is 1. The SMILES string of the molecule is CCc1cccc(NC(=O)Cn2c(=O)n(Cc3cccnc3)c(=O)c3ncccc32)c1. The Hall–Kier alpha value is -4.07. The number of pyridine rings is 2. The number of carbonyl (C=O) groups is 1. The lowest BCUT2D eigenvalue weighted by molar-refractivity contribution is -0.116. The molecule has 8 nitrogen and oxygen atoms in total. The average Bonchev–Trinajstić information content (AvgIpc) is 2.80. The first-order valence-electron chi connectivity index (χ1n) is 9.93. The van der Waals surface area contributed by atoms with Gasteiger partial charge in [-0.05, 0) is 47.9 Å². The van der Waals surface area contributed by atoms with E-state index in [1.807, 2.05) is 25.1 Å². The second-order valence-corrected chi connectivity index (χ2v) is 7.09. The Labute approximate surface area is 177 Å². The molecule has 3 heterocycles.